The minimum atomic E-state index is -0.910. The van der Waals surface area contributed by atoms with Gasteiger partial charge in [0.15, 0.2) is 0 Å². The summed E-state index contributed by atoms with van der Waals surface area (Å²) >= 11 is 0. The second kappa shape index (κ2) is 7.59. The molecule has 0 radical (unpaired) electrons. The molecular weight excluding hydrogens is 350 g/mol. The molecule has 3 rings (SSSR count). The van der Waals surface area contributed by atoms with Gasteiger partial charge in [-0.3, -0.25) is 4.79 Å². The van der Waals surface area contributed by atoms with Gasteiger partial charge in [-0.2, -0.15) is 0 Å². The lowest BCUT2D eigenvalue weighted by atomic mass is 9.54. The third kappa shape index (κ3) is 3.24. The second-order valence-electron chi connectivity index (χ2n) is 7.58. The summed E-state index contributed by atoms with van der Waals surface area (Å²) in [5.41, 5.74) is 7.08. The Kier molecular flexibility index (Phi) is 6.06. The predicted molar refractivity (Wildman–Crippen MR) is 109 cm³/mol. The molecule has 2 atom stereocenters. The maximum atomic E-state index is 12.9. The quantitative estimate of drug-likeness (QED) is 0.798. The van der Waals surface area contributed by atoms with Gasteiger partial charge in [0.05, 0.1) is 11.6 Å². The summed E-state index contributed by atoms with van der Waals surface area (Å²) in [7, 11) is 0. The Morgan fingerprint density at radius 1 is 1.35 bits per heavy atom. The molecule has 0 bridgehead atoms. The lowest BCUT2D eigenvalue weighted by Gasteiger charge is -2.57. The third-order valence-corrected chi connectivity index (χ3v) is 5.73. The number of benzene rings is 1. The van der Waals surface area contributed by atoms with Crippen LogP contribution in [0.15, 0.2) is 30.5 Å². The second-order valence-corrected chi connectivity index (χ2v) is 7.58. The molecule has 5 nitrogen and oxygen atoms in total. The molecular formula is C20H30ClN3O2. The first-order chi connectivity index (χ1) is 11.8. The van der Waals surface area contributed by atoms with E-state index < -0.39 is 5.54 Å². The summed E-state index contributed by atoms with van der Waals surface area (Å²) in [5, 5.41) is 4.20. The Balaban J connectivity index is 0.00000243. The summed E-state index contributed by atoms with van der Waals surface area (Å²) in [6.45, 7) is 9.73. The minimum Gasteiger partial charge on any atom is -0.378 e. The van der Waals surface area contributed by atoms with E-state index in [1.54, 1.807) is 0 Å². The molecule has 144 valence electrons. The van der Waals surface area contributed by atoms with Crippen LogP contribution in [0.1, 0.15) is 40.5 Å². The zero-order valence-corrected chi connectivity index (χ0v) is 16.9. The molecule has 6 heteroatoms. The molecule has 26 heavy (non-hydrogen) atoms. The van der Waals surface area contributed by atoms with E-state index in [0.717, 1.165) is 24.2 Å². The number of amides is 1. The first-order valence-electron chi connectivity index (χ1n) is 9.14. The number of carbonyl (C=O) groups is 1. The van der Waals surface area contributed by atoms with Crippen LogP contribution in [0.25, 0.3) is 10.9 Å². The maximum absolute atomic E-state index is 12.9. The zero-order valence-electron chi connectivity index (χ0n) is 16.0. The third-order valence-electron chi connectivity index (χ3n) is 5.73. The Bertz CT molecular complexity index is 786. The topological polar surface area (TPSA) is 69.3 Å². The van der Waals surface area contributed by atoms with E-state index in [0.29, 0.717) is 13.0 Å². The van der Waals surface area contributed by atoms with Gasteiger partial charge in [-0.05, 0) is 36.9 Å². The Labute approximate surface area is 161 Å². The van der Waals surface area contributed by atoms with Crippen molar-refractivity contribution < 1.29 is 9.53 Å². The van der Waals surface area contributed by atoms with E-state index >= 15 is 0 Å². The number of nitrogens with one attached hydrogen (secondary N) is 1. The van der Waals surface area contributed by atoms with Crippen molar-refractivity contribution in [1.82, 2.24) is 4.57 Å². The number of aryl methyl sites for hydroxylation is 1. The highest BCUT2D eigenvalue weighted by Crippen LogP contribution is 2.50. The average molecular weight is 380 g/mol. The highest BCUT2D eigenvalue weighted by atomic mass is 35.5. The molecule has 1 saturated carbocycles. The summed E-state index contributed by atoms with van der Waals surface area (Å²) < 4.78 is 7.93. The number of nitrogens with two attached hydrogens (primary N) is 1. The number of aromatic nitrogens is 1. The molecule has 2 aromatic rings. The lowest BCUT2D eigenvalue weighted by molar-refractivity contribution is -0.166. The van der Waals surface area contributed by atoms with E-state index in [-0.39, 0.29) is 29.8 Å². The number of anilines is 1. The van der Waals surface area contributed by atoms with Gasteiger partial charge in [0.1, 0.15) is 5.54 Å². The van der Waals surface area contributed by atoms with E-state index in [1.807, 2.05) is 39.0 Å². The van der Waals surface area contributed by atoms with Crippen LogP contribution < -0.4 is 11.1 Å². The summed E-state index contributed by atoms with van der Waals surface area (Å²) in [6.07, 6.45) is 3.73. The number of halogens is 1. The van der Waals surface area contributed by atoms with Crippen LogP contribution in [0.2, 0.25) is 0 Å². The van der Waals surface area contributed by atoms with Crippen molar-refractivity contribution in [2.75, 3.05) is 11.9 Å². The highest BCUT2D eigenvalue weighted by Gasteiger charge is 2.62. The molecule has 0 saturated heterocycles. The molecule has 1 aliphatic rings. The van der Waals surface area contributed by atoms with Crippen LogP contribution in [-0.2, 0) is 16.1 Å². The molecule has 1 fully saturated rings. The molecule has 0 spiro atoms. The van der Waals surface area contributed by atoms with Crippen molar-refractivity contribution >= 4 is 34.9 Å². The fraction of sp³-hybridized carbons (Fsp3) is 0.550. The van der Waals surface area contributed by atoms with Crippen LogP contribution in [0.4, 0.5) is 5.69 Å². The Hall–Kier alpha value is -1.56. The average Bonchev–Trinajstić information content (AvgIpc) is 2.97. The van der Waals surface area contributed by atoms with E-state index in [1.165, 1.54) is 5.39 Å². The van der Waals surface area contributed by atoms with Crippen LogP contribution in [-0.4, -0.2) is 28.7 Å². The number of nitrogens with zero attached hydrogens (tertiary/aromatic N) is 1. The summed E-state index contributed by atoms with van der Waals surface area (Å²) in [5.74, 6) is -0.138. The molecule has 1 aliphatic carbocycles. The molecule has 1 amide bonds. The summed E-state index contributed by atoms with van der Waals surface area (Å²) in [4.78, 5) is 12.9. The standard InChI is InChI=1S/C20H29N3O2.ClH/c1-5-10-23-11-9-14-7-8-15(12-16(14)23)22-18(24)20(21)13-17(25-6-2)19(20,3)4;/h7-9,11-12,17H,5-6,10,13,21H2,1-4H3,(H,22,24);1H. The van der Waals surface area contributed by atoms with Crippen LogP contribution in [0.3, 0.4) is 0 Å². The van der Waals surface area contributed by atoms with Crippen molar-refractivity contribution in [2.24, 2.45) is 11.1 Å². The van der Waals surface area contributed by atoms with Gasteiger partial charge in [0, 0.05) is 36.9 Å². The van der Waals surface area contributed by atoms with E-state index in [9.17, 15) is 4.79 Å². The van der Waals surface area contributed by atoms with E-state index in [4.69, 9.17) is 10.5 Å². The van der Waals surface area contributed by atoms with Gasteiger partial charge >= 0.3 is 0 Å². The Morgan fingerprint density at radius 3 is 2.69 bits per heavy atom. The lowest BCUT2D eigenvalue weighted by Crippen LogP contribution is -2.74. The molecule has 1 aromatic heterocycles. The number of fused-ring (bicyclic) bond motifs is 1. The molecule has 1 heterocycles. The largest absolute Gasteiger partial charge is 0.378 e. The summed E-state index contributed by atoms with van der Waals surface area (Å²) in [6, 6.07) is 8.10. The molecule has 3 N–H and O–H groups in total. The molecule has 2 unspecified atom stereocenters. The number of hydrogen-bond acceptors (Lipinski definition) is 3. The van der Waals surface area contributed by atoms with Crippen LogP contribution >= 0.6 is 12.4 Å². The van der Waals surface area contributed by atoms with Gasteiger partial charge in [0.2, 0.25) is 5.91 Å². The van der Waals surface area contributed by atoms with Crippen LogP contribution in [0, 0.1) is 5.41 Å². The maximum Gasteiger partial charge on any atom is 0.245 e. The zero-order chi connectivity index (χ0) is 18.2. The first kappa shape index (κ1) is 20.7. The SMILES string of the molecule is CCCn1ccc2ccc(NC(=O)C3(N)CC(OCC)C3(C)C)cc21.Cl. The first-order valence-corrected chi connectivity index (χ1v) is 9.14. The van der Waals surface area contributed by atoms with Crippen molar-refractivity contribution in [3.8, 4) is 0 Å². The normalized spacial score (nSPS) is 24.0. The number of rotatable bonds is 6. The van der Waals surface area contributed by atoms with Gasteiger partial charge in [0.25, 0.3) is 0 Å². The molecule has 1 aromatic carbocycles. The number of hydrogen-bond donors (Lipinski definition) is 2. The van der Waals surface area contributed by atoms with Gasteiger partial charge in [-0.25, -0.2) is 0 Å². The van der Waals surface area contributed by atoms with Crippen molar-refractivity contribution in [2.45, 2.75) is 58.7 Å². The monoisotopic (exact) mass is 379 g/mol. The van der Waals surface area contributed by atoms with Gasteiger partial charge in [-0.1, -0.05) is 26.8 Å². The van der Waals surface area contributed by atoms with Crippen molar-refractivity contribution in [3.05, 3.63) is 30.5 Å². The smallest absolute Gasteiger partial charge is 0.245 e. The van der Waals surface area contributed by atoms with Gasteiger partial charge in [-0.15, -0.1) is 12.4 Å². The predicted octanol–water partition coefficient (Wildman–Crippen LogP) is 3.94. The Morgan fingerprint density at radius 2 is 2.08 bits per heavy atom. The van der Waals surface area contributed by atoms with Crippen LogP contribution in [0.5, 0.6) is 0 Å². The molecule has 0 aliphatic heterocycles. The number of carbonyl (C=O) groups excluding carboxylic acids is 1. The fourth-order valence-electron chi connectivity index (χ4n) is 3.76. The number of ether oxygens (including phenoxy) is 1. The fourth-order valence-corrected chi connectivity index (χ4v) is 3.76. The minimum absolute atomic E-state index is 0. The van der Waals surface area contributed by atoms with Crippen molar-refractivity contribution in [1.29, 1.82) is 0 Å². The van der Waals surface area contributed by atoms with E-state index in [2.05, 4.69) is 29.1 Å². The van der Waals surface area contributed by atoms with Gasteiger partial charge < -0.3 is 20.4 Å². The van der Waals surface area contributed by atoms with Crippen molar-refractivity contribution in [3.63, 3.8) is 0 Å². The highest BCUT2D eigenvalue weighted by molar-refractivity contribution is 6.01.